The van der Waals surface area contributed by atoms with Crippen molar-refractivity contribution in [3.8, 4) is 5.69 Å². The van der Waals surface area contributed by atoms with E-state index in [0.717, 1.165) is 46.3 Å². The Morgan fingerprint density at radius 1 is 0.312 bits per heavy atom. The van der Waals surface area contributed by atoms with Crippen molar-refractivity contribution in [2.24, 2.45) is 0 Å². The maximum absolute atomic E-state index is 4.39. The van der Waals surface area contributed by atoms with Gasteiger partial charge in [-0.3, -0.25) is 0 Å². The van der Waals surface area contributed by atoms with Gasteiger partial charge in [-0.25, -0.2) is 0 Å². The zero-order valence-electron chi connectivity index (χ0n) is 36.5. The molecule has 10 aromatic rings. The van der Waals surface area contributed by atoms with Gasteiger partial charge in [-0.05, 0) is 126 Å². The van der Waals surface area contributed by atoms with Gasteiger partial charge in [-0.15, -0.1) is 0 Å². The minimum absolute atomic E-state index is 1.00. The molecule has 0 saturated heterocycles. The van der Waals surface area contributed by atoms with E-state index in [2.05, 4.69) is 233 Å². The Kier molecular flexibility index (Phi) is 12.5. The summed E-state index contributed by atoms with van der Waals surface area (Å²) >= 11 is 4.39. The van der Waals surface area contributed by atoms with Crippen LogP contribution in [-0.4, -0.2) is 10.3 Å². The van der Waals surface area contributed by atoms with E-state index >= 15 is 0 Å². The van der Waals surface area contributed by atoms with Crippen LogP contribution in [0, 0.1) is 0 Å². The van der Waals surface area contributed by atoms with Gasteiger partial charge in [0.1, 0.15) is 0 Å². The summed E-state index contributed by atoms with van der Waals surface area (Å²) in [4.78, 5) is 4.74. The highest BCUT2D eigenvalue weighted by Gasteiger charge is 2.23. The summed E-state index contributed by atoms with van der Waals surface area (Å²) in [6, 6.07) is 75.4. The molecule has 0 N–H and O–H groups in total. The summed E-state index contributed by atoms with van der Waals surface area (Å²) in [6.07, 6.45) is 11.4. The third-order valence-corrected chi connectivity index (χ3v) is 13.2. The number of hydrogen-bond acceptors (Lipinski definition) is 3. The second kappa shape index (κ2) is 19.3. The van der Waals surface area contributed by atoms with Crippen LogP contribution >= 0.6 is 12.6 Å². The highest BCUT2D eigenvalue weighted by Crippen LogP contribution is 2.45. The summed E-state index contributed by atoms with van der Waals surface area (Å²) in [5.74, 6) is 1.00. The van der Waals surface area contributed by atoms with Gasteiger partial charge in [0.05, 0.1) is 16.7 Å². The lowest BCUT2D eigenvalue weighted by atomic mass is 9.91. The smallest absolute Gasteiger partial charge is 0.0619 e. The molecule has 1 heterocycles. The lowest BCUT2D eigenvalue weighted by Gasteiger charge is -2.26. The van der Waals surface area contributed by atoms with E-state index in [1.54, 1.807) is 0 Å². The van der Waals surface area contributed by atoms with Gasteiger partial charge < -0.3 is 14.4 Å². The predicted octanol–water partition coefficient (Wildman–Crippen LogP) is 17.6. The van der Waals surface area contributed by atoms with E-state index in [1.807, 2.05) is 0 Å². The molecule has 0 saturated carbocycles. The fraction of sp³-hybridized carbons (Fsp3) is 0.167. The summed E-state index contributed by atoms with van der Waals surface area (Å²) in [5, 5.41) is 7.69. The number of nitrogens with zero attached hydrogens (tertiary/aromatic N) is 3. The van der Waals surface area contributed by atoms with E-state index in [9.17, 15) is 0 Å². The standard InChI is InChI=1S/C60H55N3S/c64-42-24-6-4-2-1-3-5-19-33-51-52-34-20-22-36-54(52)60(55-37-23-21-35-53(51)55)63-58-40-38-49(61(45-25-11-7-12-26-45)46-27-13-8-14-28-46)43-56(58)57-44-50(39-41-59(57)63)62(47-29-15-9-16-30-47)48-31-17-10-18-32-48/h7-18,20-23,25-32,34-41,43-44,64H,1-6,19,24,33,42H2. The van der Waals surface area contributed by atoms with Crippen molar-refractivity contribution in [1.29, 1.82) is 0 Å². The van der Waals surface area contributed by atoms with Crippen molar-refractivity contribution in [1.82, 2.24) is 4.57 Å². The summed E-state index contributed by atoms with van der Waals surface area (Å²) in [6.45, 7) is 0. The average Bonchev–Trinajstić information content (AvgIpc) is 3.67. The van der Waals surface area contributed by atoms with E-state index in [1.165, 1.54) is 106 Å². The van der Waals surface area contributed by atoms with Crippen LogP contribution in [0.15, 0.2) is 206 Å². The highest BCUT2D eigenvalue weighted by molar-refractivity contribution is 7.80. The molecule has 64 heavy (non-hydrogen) atoms. The molecule has 0 aliphatic rings. The third-order valence-electron chi connectivity index (χ3n) is 12.9. The zero-order valence-corrected chi connectivity index (χ0v) is 37.4. The van der Waals surface area contributed by atoms with Crippen molar-refractivity contribution in [2.45, 2.75) is 57.8 Å². The Morgan fingerprint density at radius 2 is 0.656 bits per heavy atom. The Hall–Kier alpha value is -6.75. The van der Waals surface area contributed by atoms with Crippen LogP contribution in [0.25, 0.3) is 49.0 Å². The monoisotopic (exact) mass is 849 g/mol. The number of anilines is 6. The largest absolute Gasteiger partial charge is 0.310 e. The molecule has 0 amide bonds. The number of rotatable bonds is 17. The first kappa shape index (κ1) is 41.3. The molecule has 0 fully saturated rings. The molecule has 0 aliphatic carbocycles. The van der Waals surface area contributed by atoms with Gasteiger partial charge >= 0.3 is 0 Å². The number of aryl methyl sites for hydroxylation is 1. The van der Waals surface area contributed by atoms with Crippen LogP contribution in [0.2, 0.25) is 0 Å². The highest BCUT2D eigenvalue weighted by atomic mass is 32.1. The lowest BCUT2D eigenvalue weighted by molar-refractivity contribution is 0.577. The Balaban J connectivity index is 1.17. The first-order valence-corrected chi connectivity index (χ1v) is 23.8. The molecule has 0 bridgehead atoms. The lowest BCUT2D eigenvalue weighted by Crippen LogP contribution is -2.09. The molecule has 0 spiro atoms. The molecule has 1 aromatic heterocycles. The van der Waals surface area contributed by atoms with Crippen LogP contribution < -0.4 is 9.80 Å². The van der Waals surface area contributed by atoms with Crippen LogP contribution in [-0.2, 0) is 6.42 Å². The number of hydrogen-bond donors (Lipinski definition) is 1. The second-order valence-corrected chi connectivity index (χ2v) is 17.4. The minimum Gasteiger partial charge on any atom is -0.310 e. The molecule has 0 radical (unpaired) electrons. The number of unbranched alkanes of at least 4 members (excludes halogenated alkanes) is 7. The van der Waals surface area contributed by atoms with E-state index in [0.29, 0.717) is 0 Å². The van der Waals surface area contributed by atoms with Gasteiger partial charge in [0.25, 0.3) is 0 Å². The maximum Gasteiger partial charge on any atom is 0.0619 e. The second-order valence-electron chi connectivity index (χ2n) is 17.0. The number of fused-ring (bicyclic) bond motifs is 5. The molecule has 0 atom stereocenters. The topological polar surface area (TPSA) is 11.4 Å². The van der Waals surface area contributed by atoms with Crippen LogP contribution in [0.5, 0.6) is 0 Å². The SMILES string of the molecule is SCCCCCCCCCCc1c2ccccc2c(-n2c3ccc(N(c4ccccc4)c4ccccc4)cc3c3cc(N(c4ccccc4)c4ccccc4)ccc32)c2ccccc12. The molecule has 0 unspecified atom stereocenters. The van der Waals surface area contributed by atoms with Crippen molar-refractivity contribution in [2.75, 3.05) is 15.6 Å². The fourth-order valence-corrected chi connectivity index (χ4v) is 10.1. The van der Waals surface area contributed by atoms with Gasteiger partial charge in [0.15, 0.2) is 0 Å². The first-order chi connectivity index (χ1) is 31.8. The molecular weight excluding hydrogens is 795 g/mol. The van der Waals surface area contributed by atoms with Gasteiger partial charge in [0, 0.05) is 55.7 Å². The summed E-state index contributed by atoms with van der Waals surface area (Å²) < 4.78 is 2.56. The number of para-hydroxylation sites is 4. The molecule has 3 nitrogen and oxygen atoms in total. The van der Waals surface area contributed by atoms with Crippen molar-refractivity contribution < 1.29 is 0 Å². The molecule has 9 aromatic carbocycles. The fourth-order valence-electron chi connectivity index (χ4n) is 9.90. The Bertz CT molecular complexity index is 2850. The van der Waals surface area contributed by atoms with E-state index < -0.39 is 0 Å². The number of aromatic nitrogens is 1. The first-order valence-electron chi connectivity index (χ1n) is 23.2. The van der Waals surface area contributed by atoms with Crippen molar-refractivity contribution >= 4 is 90.1 Å². The predicted molar refractivity (Wildman–Crippen MR) is 280 cm³/mol. The van der Waals surface area contributed by atoms with Gasteiger partial charge in [0.2, 0.25) is 0 Å². The number of benzene rings is 9. The van der Waals surface area contributed by atoms with Gasteiger partial charge in [-0.1, -0.05) is 160 Å². The zero-order chi connectivity index (χ0) is 43.1. The van der Waals surface area contributed by atoms with Crippen LogP contribution in [0.1, 0.15) is 56.9 Å². The third kappa shape index (κ3) is 8.27. The van der Waals surface area contributed by atoms with Crippen molar-refractivity contribution in [3.63, 3.8) is 0 Å². The van der Waals surface area contributed by atoms with Crippen LogP contribution in [0.3, 0.4) is 0 Å². The summed E-state index contributed by atoms with van der Waals surface area (Å²) in [7, 11) is 0. The molecule has 4 heteroatoms. The molecule has 0 aliphatic heterocycles. The summed E-state index contributed by atoms with van der Waals surface area (Å²) in [5.41, 5.74) is 11.8. The van der Waals surface area contributed by atoms with E-state index in [4.69, 9.17) is 0 Å². The van der Waals surface area contributed by atoms with Gasteiger partial charge in [-0.2, -0.15) is 12.6 Å². The quantitative estimate of drug-likeness (QED) is 0.0556. The molecular formula is C60H55N3S. The average molecular weight is 850 g/mol. The molecule has 10 rings (SSSR count). The normalized spacial score (nSPS) is 11.5. The molecule has 316 valence electrons. The van der Waals surface area contributed by atoms with E-state index in [-0.39, 0.29) is 0 Å². The Morgan fingerprint density at radius 3 is 1.05 bits per heavy atom. The van der Waals surface area contributed by atoms with Crippen molar-refractivity contribution in [3.05, 3.63) is 212 Å². The van der Waals surface area contributed by atoms with Crippen LogP contribution in [0.4, 0.5) is 34.1 Å². The number of thiol groups is 1. The maximum atomic E-state index is 4.39. The minimum atomic E-state index is 1.00. The Labute approximate surface area is 383 Å².